The molecule has 4 nitrogen and oxygen atoms in total. The van der Waals surface area contributed by atoms with E-state index in [2.05, 4.69) is 20.9 Å². The Bertz CT molecular complexity index is 321. The summed E-state index contributed by atoms with van der Waals surface area (Å²) >= 11 is 3.30. The molecular formula is C9H11BrN2O2. The topological polar surface area (TPSA) is 65.2 Å². The van der Waals surface area contributed by atoms with Gasteiger partial charge in [-0.1, -0.05) is 15.9 Å². The van der Waals surface area contributed by atoms with E-state index >= 15 is 0 Å². The van der Waals surface area contributed by atoms with Crippen LogP contribution in [-0.2, 0) is 16.0 Å². The quantitative estimate of drug-likeness (QED) is 0.836. The molecule has 0 radical (unpaired) electrons. The van der Waals surface area contributed by atoms with Crippen molar-refractivity contribution in [3.8, 4) is 0 Å². The number of hydrogen-bond donors (Lipinski definition) is 1. The third-order valence-electron chi connectivity index (χ3n) is 1.66. The zero-order valence-electron chi connectivity index (χ0n) is 7.79. The maximum atomic E-state index is 11.2. The molecule has 1 aromatic heterocycles. The Hall–Kier alpha value is -1.10. The summed E-state index contributed by atoms with van der Waals surface area (Å²) in [6.45, 7) is 2.14. The molecule has 0 aliphatic rings. The van der Waals surface area contributed by atoms with E-state index in [1.165, 1.54) is 0 Å². The van der Waals surface area contributed by atoms with E-state index in [0.717, 1.165) is 4.47 Å². The second-order valence-corrected chi connectivity index (χ2v) is 3.49. The lowest BCUT2D eigenvalue weighted by Gasteiger charge is -2.06. The molecule has 0 unspecified atom stereocenters. The fourth-order valence-corrected chi connectivity index (χ4v) is 1.48. The number of carbonyl (C=O) groups excluding carboxylic acids is 1. The summed E-state index contributed by atoms with van der Waals surface area (Å²) in [6, 6.07) is 1.74. The van der Waals surface area contributed by atoms with Gasteiger partial charge in [0, 0.05) is 16.2 Å². The van der Waals surface area contributed by atoms with Crippen molar-refractivity contribution in [2.75, 3.05) is 12.3 Å². The molecule has 2 N–H and O–H groups in total. The predicted molar refractivity (Wildman–Crippen MR) is 56.7 cm³/mol. The summed E-state index contributed by atoms with van der Waals surface area (Å²) in [4.78, 5) is 15.1. The first-order chi connectivity index (χ1) is 6.65. The van der Waals surface area contributed by atoms with E-state index in [4.69, 9.17) is 10.5 Å². The smallest absolute Gasteiger partial charge is 0.310 e. The molecule has 1 aromatic rings. The highest BCUT2D eigenvalue weighted by Crippen LogP contribution is 2.21. The molecule has 0 atom stereocenters. The Labute approximate surface area is 90.6 Å². The molecule has 0 saturated heterocycles. The standard InChI is InChI=1S/C9H11BrN2O2/c1-2-14-8(13)5-6-7(10)3-4-12-9(6)11/h3-4H,2,5H2,1H3,(H2,11,12). The lowest BCUT2D eigenvalue weighted by molar-refractivity contribution is -0.142. The molecule has 0 amide bonds. The number of esters is 1. The Balaban J connectivity index is 2.80. The molecule has 0 fully saturated rings. The summed E-state index contributed by atoms with van der Waals surface area (Å²) in [6.07, 6.45) is 1.72. The first-order valence-corrected chi connectivity index (χ1v) is 4.99. The van der Waals surface area contributed by atoms with Crippen LogP contribution in [0.4, 0.5) is 5.82 Å². The van der Waals surface area contributed by atoms with Crippen molar-refractivity contribution in [1.82, 2.24) is 4.98 Å². The van der Waals surface area contributed by atoms with Crippen LogP contribution in [0.1, 0.15) is 12.5 Å². The van der Waals surface area contributed by atoms with Crippen LogP contribution in [0, 0.1) is 0 Å². The number of nitrogens with two attached hydrogens (primary N) is 1. The van der Waals surface area contributed by atoms with Crippen molar-refractivity contribution in [2.24, 2.45) is 0 Å². The van der Waals surface area contributed by atoms with Gasteiger partial charge in [0.2, 0.25) is 0 Å². The molecular weight excluding hydrogens is 248 g/mol. The van der Waals surface area contributed by atoms with Crippen LogP contribution in [-0.4, -0.2) is 17.6 Å². The van der Waals surface area contributed by atoms with Crippen LogP contribution < -0.4 is 5.73 Å². The van der Waals surface area contributed by atoms with Gasteiger partial charge < -0.3 is 10.5 Å². The van der Waals surface area contributed by atoms with Crippen LogP contribution in [0.2, 0.25) is 0 Å². The number of rotatable bonds is 3. The van der Waals surface area contributed by atoms with Gasteiger partial charge in [-0.15, -0.1) is 0 Å². The lowest BCUT2D eigenvalue weighted by Crippen LogP contribution is -2.10. The van der Waals surface area contributed by atoms with E-state index in [-0.39, 0.29) is 12.4 Å². The molecule has 76 valence electrons. The Kier molecular flexibility index (Phi) is 3.88. The molecule has 5 heteroatoms. The average Bonchev–Trinajstić information content (AvgIpc) is 2.12. The van der Waals surface area contributed by atoms with Gasteiger partial charge in [0.05, 0.1) is 13.0 Å². The van der Waals surface area contributed by atoms with Gasteiger partial charge in [0.1, 0.15) is 5.82 Å². The number of ether oxygens (including phenoxy) is 1. The number of anilines is 1. The van der Waals surface area contributed by atoms with E-state index in [9.17, 15) is 4.79 Å². The minimum absolute atomic E-state index is 0.147. The second kappa shape index (κ2) is 4.95. The number of nitrogen functional groups attached to an aromatic ring is 1. The number of pyridine rings is 1. The maximum absolute atomic E-state index is 11.2. The van der Waals surface area contributed by atoms with Gasteiger partial charge in [-0.05, 0) is 13.0 Å². The summed E-state index contributed by atoms with van der Waals surface area (Å²) in [7, 11) is 0. The van der Waals surface area contributed by atoms with Crippen LogP contribution in [0.3, 0.4) is 0 Å². The SMILES string of the molecule is CCOC(=O)Cc1c(Br)ccnc1N. The van der Waals surface area contributed by atoms with Crippen molar-refractivity contribution in [3.63, 3.8) is 0 Å². The average molecular weight is 259 g/mol. The molecule has 1 rings (SSSR count). The first-order valence-electron chi connectivity index (χ1n) is 4.19. The number of halogens is 1. The Morgan fingerprint density at radius 1 is 1.71 bits per heavy atom. The van der Waals surface area contributed by atoms with Crippen molar-refractivity contribution < 1.29 is 9.53 Å². The minimum Gasteiger partial charge on any atom is -0.466 e. The van der Waals surface area contributed by atoms with E-state index in [0.29, 0.717) is 18.0 Å². The fourth-order valence-electron chi connectivity index (χ4n) is 1.02. The van der Waals surface area contributed by atoms with Crippen molar-refractivity contribution in [2.45, 2.75) is 13.3 Å². The molecule has 0 saturated carbocycles. The Morgan fingerprint density at radius 3 is 3.00 bits per heavy atom. The predicted octanol–water partition coefficient (Wildman–Crippen LogP) is 1.53. The van der Waals surface area contributed by atoms with Crippen LogP contribution >= 0.6 is 15.9 Å². The minimum atomic E-state index is -0.298. The molecule has 0 aliphatic heterocycles. The van der Waals surface area contributed by atoms with Gasteiger partial charge in [0.15, 0.2) is 0 Å². The number of aromatic nitrogens is 1. The van der Waals surface area contributed by atoms with Crippen LogP contribution in [0.15, 0.2) is 16.7 Å². The third-order valence-corrected chi connectivity index (χ3v) is 2.40. The van der Waals surface area contributed by atoms with Crippen molar-refractivity contribution in [3.05, 3.63) is 22.3 Å². The summed E-state index contributed by atoms with van der Waals surface area (Å²) in [5.41, 5.74) is 6.29. The monoisotopic (exact) mass is 258 g/mol. The summed E-state index contributed by atoms with van der Waals surface area (Å²) in [5.74, 6) is 0.0559. The van der Waals surface area contributed by atoms with Crippen LogP contribution in [0.25, 0.3) is 0 Å². The molecule has 0 bridgehead atoms. The van der Waals surface area contributed by atoms with Crippen molar-refractivity contribution in [1.29, 1.82) is 0 Å². The molecule has 0 aromatic carbocycles. The van der Waals surface area contributed by atoms with Crippen molar-refractivity contribution >= 4 is 27.7 Å². The molecule has 0 aliphatic carbocycles. The highest BCUT2D eigenvalue weighted by Gasteiger charge is 2.11. The van der Waals surface area contributed by atoms with Gasteiger partial charge in [0.25, 0.3) is 0 Å². The summed E-state index contributed by atoms with van der Waals surface area (Å²) in [5, 5.41) is 0. The highest BCUT2D eigenvalue weighted by molar-refractivity contribution is 9.10. The Morgan fingerprint density at radius 2 is 2.43 bits per heavy atom. The van der Waals surface area contributed by atoms with Gasteiger partial charge in [-0.3, -0.25) is 4.79 Å². The fraction of sp³-hybridized carbons (Fsp3) is 0.333. The largest absolute Gasteiger partial charge is 0.466 e. The normalized spacial score (nSPS) is 9.86. The zero-order valence-corrected chi connectivity index (χ0v) is 9.37. The number of nitrogens with zero attached hydrogens (tertiary/aromatic N) is 1. The van der Waals surface area contributed by atoms with E-state index < -0.39 is 0 Å². The number of carbonyl (C=O) groups is 1. The van der Waals surface area contributed by atoms with Gasteiger partial charge in [-0.2, -0.15) is 0 Å². The van der Waals surface area contributed by atoms with E-state index in [1.54, 1.807) is 19.2 Å². The maximum Gasteiger partial charge on any atom is 0.310 e. The number of hydrogen-bond acceptors (Lipinski definition) is 4. The van der Waals surface area contributed by atoms with Gasteiger partial charge in [-0.25, -0.2) is 4.98 Å². The lowest BCUT2D eigenvalue weighted by atomic mass is 10.2. The molecule has 0 spiro atoms. The van der Waals surface area contributed by atoms with Crippen LogP contribution in [0.5, 0.6) is 0 Å². The second-order valence-electron chi connectivity index (χ2n) is 2.64. The van der Waals surface area contributed by atoms with Gasteiger partial charge >= 0.3 is 5.97 Å². The van der Waals surface area contributed by atoms with E-state index in [1.807, 2.05) is 0 Å². The first kappa shape index (κ1) is 11.0. The zero-order chi connectivity index (χ0) is 10.6. The highest BCUT2D eigenvalue weighted by atomic mass is 79.9. The molecule has 1 heterocycles. The molecule has 14 heavy (non-hydrogen) atoms. The third kappa shape index (κ3) is 2.70. The summed E-state index contributed by atoms with van der Waals surface area (Å²) < 4.78 is 5.59.